The van der Waals surface area contributed by atoms with E-state index in [2.05, 4.69) is 50.1 Å². The predicted molar refractivity (Wildman–Crippen MR) is 84.9 cm³/mol. The fourth-order valence-electron chi connectivity index (χ4n) is 3.56. The summed E-state index contributed by atoms with van der Waals surface area (Å²) in [5.41, 5.74) is 1.06. The third kappa shape index (κ3) is 3.62. The summed E-state index contributed by atoms with van der Waals surface area (Å²) in [6, 6.07) is 11.1. The molecule has 0 amide bonds. The van der Waals surface area contributed by atoms with Crippen LogP contribution in [-0.4, -0.2) is 36.2 Å². The lowest BCUT2D eigenvalue weighted by atomic mass is 9.81. The largest absolute Gasteiger partial charge is 0.395 e. The Balaban J connectivity index is 2.05. The molecule has 0 aromatic heterocycles. The third-order valence-corrected chi connectivity index (χ3v) is 4.95. The van der Waals surface area contributed by atoms with Crippen LogP contribution in [0.15, 0.2) is 30.3 Å². The Bertz CT molecular complexity index is 405. The maximum Gasteiger partial charge on any atom is 0.0537 e. The van der Waals surface area contributed by atoms with Gasteiger partial charge in [0.25, 0.3) is 0 Å². The molecule has 2 nitrogen and oxygen atoms in total. The van der Waals surface area contributed by atoms with Crippen LogP contribution in [0, 0.1) is 5.92 Å². The summed E-state index contributed by atoms with van der Waals surface area (Å²) in [6.45, 7) is 5.65. The van der Waals surface area contributed by atoms with Crippen molar-refractivity contribution in [2.24, 2.45) is 5.92 Å². The number of aliphatic hydroxyl groups excluding tert-OH is 1. The lowest BCUT2D eigenvalue weighted by Gasteiger charge is -2.39. The minimum atomic E-state index is -0.170. The van der Waals surface area contributed by atoms with Gasteiger partial charge in [0.2, 0.25) is 0 Å². The molecule has 20 heavy (non-hydrogen) atoms. The Morgan fingerprint density at radius 3 is 2.55 bits per heavy atom. The third-order valence-electron chi connectivity index (χ3n) is 4.95. The summed E-state index contributed by atoms with van der Waals surface area (Å²) >= 11 is 0. The van der Waals surface area contributed by atoms with Gasteiger partial charge < -0.3 is 10.0 Å². The summed E-state index contributed by atoms with van der Waals surface area (Å²) in [7, 11) is 2.22. The van der Waals surface area contributed by atoms with E-state index in [9.17, 15) is 5.11 Å². The van der Waals surface area contributed by atoms with E-state index in [1.165, 1.54) is 31.2 Å². The molecule has 1 aliphatic rings. The van der Waals surface area contributed by atoms with Crippen molar-refractivity contribution in [3.05, 3.63) is 35.9 Å². The molecule has 0 heterocycles. The highest BCUT2D eigenvalue weighted by atomic mass is 16.3. The lowest BCUT2D eigenvalue weighted by molar-refractivity contribution is 0.106. The van der Waals surface area contributed by atoms with Crippen LogP contribution >= 0.6 is 0 Å². The van der Waals surface area contributed by atoms with Crippen LogP contribution in [0.3, 0.4) is 0 Å². The molecule has 1 fully saturated rings. The van der Waals surface area contributed by atoms with Crippen molar-refractivity contribution in [1.29, 1.82) is 0 Å². The second-order valence-corrected chi connectivity index (χ2v) is 6.93. The van der Waals surface area contributed by atoms with Gasteiger partial charge in [-0.3, -0.25) is 0 Å². The molecule has 0 spiro atoms. The Labute approximate surface area is 123 Å². The minimum Gasteiger partial charge on any atom is -0.395 e. The van der Waals surface area contributed by atoms with Gasteiger partial charge in [0.1, 0.15) is 0 Å². The smallest absolute Gasteiger partial charge is 0.0537 e. The summed E-state index contributed by atoms with van der Waals surface area (Å²) < 4.78 is 0. The Kier molecular flexibility index (Phi) is 5.22. The van der Waals surface area contributed by atoms with Crippen LogP contribution in [0.25, 0.3) is 0 Å². The normalized spacial score (nSPS) is 26.4. The van der Waals surface area contributed by atoms with Gasteiger partial charge in [-0.15, -0.1) is 0 Å². The molecule has 0 saturated heterocycles. The van der Waals surface area contributed by atoms with Crippen LogP contribution in [0.4, 0.5) is 0 Å². The Hall–Kier alpha value is -0.860. The average Bonchev–Trinajstić information content (AvgIpc) is 2.48. The first-order valence-corrected chi connectivity index (χ1v) is 7.92. The molecule has 2 heteroatoms. The molecule has 3 unspecified atom stereocenters. The van der Waals surface area contributed by atoms with E-state index in [1.807, 2.05) is 6.07 Å². The highest BCUT2D eigenvalue weighted by Crippen LogP contribution is 2.30. The van der Waals surface area contributed by atoms with Crippen molar-refractivity contribution in [2.45, 2.75) is 51.0 Å². The fourth-order valence-corrected chi connectivity index (χ4v) is 3.56. The zero-order chi connectivity index (χ0) is 14.6. The summed E-state index contributed by atoms with van der Waals surface area (Å²) in [6.07, 6.45) is 5.32. The molecule has 1 aromatic rings. The van der Waals surface area contributed by atoms with Crippen molar-refractivity contribution >= 4 is 0 Å². The van der Waals surface area contributed by atoms with E-state index < -0.39 is 0 Å². The topological polar surface area (TPSA) is 23.5 Å². The van der Waals surface area contributed by atoms with Gasteiger partial charge in [-0.25, -0.2) is 0 Å². The Morgan fingerprint density at radius 1 is 1.25 bits per heavy atom. The summed E-state index contributed by atoms with van der Waals surface area (Å²) in [5, 5.41) is 9.91. The molecule has 0 aliphatic heterocycles. The standard InChI is InChI=1S/C18H29NO/c1-15-8-7-11-17(12-15)19(3)13-18(2,14-20)16-9-5-4-6-10-16/h4-6,9-10,15,17,20H,7-8,11-14H2,1-3H3. The Morgan fingerprint density at radius 2 is 1.95 bits per heavy atom. The van der Waals surface area contributed by atoms with E-state index in [1.54, 1.807) is 0 Å². The maximum atomic E-state index is 9.91. The monoisotopic (exact) mass is 275 g/mol. The van der Waals surface area contributed by atoms with E-state index in [4.69, 9.17) is 0 Å². The first-order valence-electron chi connectivity index (χ1n) is 7.92. The van der Waals surface area contributed by atoms with Crippen LogP contribution in [0.5, 0.6) is 0 Å². The lowest BCUT2D eigenvalue weighted by Crippen LogP contribution is -2.45. The van der Waals surface area contributed by atoms with Gasteiger partial charge in [-0.2, -0.15) is 0 Å². The van der Waals surface area contributed by atoms with E-state index in [0.29, 0.717) is 6.04 Å². The second kappa shape index (κ2) is 6.73. The van der Waals surface area contributed by atoms with Crippen LogP contribution in [0.1, 0.15) is 45.1 Å². The van der Waals surface area contributed by atoms with Crippen molar-refractivity contribution in [3.63, 3.8) is 0 Å². The minimum absolute atomic E-state index is 0.170. The van der Waals surface area contributed by atoms with Crippen molar-refractivity contribution in [2.75, 3.05) is 20.2 Å². The van der Waals surface area contributed by atoms with Crippen molar-refractivity contribution < 1.29 is 5.11 Å². The molecule has 112 valence electrons. The van der Waals surface area contributed by atoms with Gasteiger partial charge >= 0.3 is 0 Å². The van der Waals surface area contributed by atoms with Gasteiger partial charge in [0.15, 0.2) is 0 Å². The number of likely N-dealkylation sites (N-methyl/N-ethyl adjacent to an activating group) is 1. The molecule has 0 radical (unpaired) electrons. The summed E-state index contributed by atoms with van der Waals surface area (Å²) in [5.74, 6) is 0.841. The van der Waals surface area contributed by atoms with E-state index in [0.717, 1.165) is 12.5 Å². The number of hydrogen-bond acceptors (Lipinski definition) is 2. The number of aliphatic hydroxyl groups is 1. The number of rotatable bonds is 5. The fraction of sp³-hybridized carbons (Fsp3) is 0.667. The van der Waals surface area contributed by atoms with Gasteiger partial charge in [-0.1, -0.05) is 57.0 Å². The number of hydrogen-bond donors (Lipinski definition) is 1. The average molecular weight is 275 g/mol. The molecule has 1 aromatic carbocycles. The molecule has 2 rings (SSSR count). The van der Waals surface area contributed by atoms with E-state index in [-0.39, 0.29) is 12.0 Å². The first kappa shape index (κ1) is 15.5. The van der Waals surface area contributed by atoms with Crippen molar-refractivity contribution in [3.8, 4) is 0 Å². The highest BCUT2D eigenvalue weighted by molar-refractivity contribution is 5.25. The molecule has 3 atom stereocenters. The molecule has 0 bridgehead atoms. The van der Waals surface area contributed by atoms with Crippen LogP contribution < -0.4 is 0 Å². The highest BCUT2D eigenvalue weighted by Gasteiger charge is 2.31. The molecule has 1 N–H and O–H groups in total. The van der Waals surface area contributed by atoms with E-state index >= 15 is 0 Å². The van der Waals surface area contributed by atoms with Gasteiger partial charge in [-0.05, 0) is 31.4 Å². The van der Waals surface area contributed by atoms with Gasteiger partial charge in [0.05, 0.1) is 6.61 Å². The maximum absolute atomic E-state index is 9.91. The quantitative estimate of drug-likeness (QED) is 0.889. The molecule has 1 saturated carbocycles. The van der Waals surface area contributed by atoms with Crippen LogP contribution in [-0.2, 0) is 5.41 Å². The predicted octanol–water partition coefficient (Wildman–Crippen LogP) is 3.45. The number of nitrogens with zero attached hydrogens (tertiary/aromatic N) is 1. The molecular formula is C18H29NO. The van der Waals surface area contributed by atoms with Crippen LogP contribution in [0.2, 0.25) is 0 Å². The zero-order valence-electron chi connectivity index (χ0n) is 13.2. The SMILES string of the molecule is CC1CCCC(N(C)CC(C)(CO)c2ccccc2)C1. The second-order valence-electron chi connectivity index (χ2n) is 6.93. The molecule has 1 aliphatic carbocycles. The molecular weight excluding hydrogens is 246 g/mol. The summed E-state index contributed by atoms with van der Waals surface area (Å²) in [4.78, 5) is 2.47. The van der Waals surface area contributed by atoms with Crippen molar-refractivity contribution in [1.82, 2.24) is 4.90 Å². The zero-order valence-corrected chi connectivity index (χ0v) is 13.2. The van der Waals surface area contributed by atoms with Gasteiger partial charge in [0, 0.05) is 18.0 Å². The number of benzene rings is 1. The first-order chi connectivity index (χ1) is 9.55.